The summed E-state index contributed by atoms with van der Waals surface area (Å²) in [4.78, 5) is 13.7. The topological polar surface area (TPSA) is 61.8 Å². The number of aliphatic hydroxyl groups is 1. The Bertz CT molecular complexity index is 569. The second kappa shape index (κ2) is 8.66. The van der Waals surface area contributed by atoms with Gasteiger partial charge in [0.1, 0.15) is 0 Å². The van der Waals surface area contributed by atoms with Gasteiger partial charge in [-0.2, -0.15) is 13.2 Å². The number of alkyl halides is 3. The molecule has 2 N–H and O–H groups in total. The van der Waals surface area contributed by atoms with Crippen LogP contribution in [0.1, 0.15) is 12.5 Å². The van der Waals surface area contributed by atoms with Gasteiger partial charge in [-0.05, 0) is 32.2 Å². The van der Waals surface area contributed by atoms with E-state index in [0.29, 0.717) is 0 Å². The number of carbonyl (C=O) groups excluding carboxylic acids is 1. The van der Waals surface area contributed by atoms with E-state index in [-0.39, 0.29) is 18.8 Å². The van der Waals surface area contributed by atoms with Gasteiger partial charge in [0.25, 0.3) is 0 Å². The Labute approximate surface area is 143 Å². The molecule has 136 valence electrons. The van der Waals surface area contributed by atoms with Crippen molar-refractivity contribution in [1.29, 1.82) is 0 Å². The molecule has 1 rings (SSSR count). The van der Waals surface area contributed by atoms with Crippen molar-refractivity contribution in [3.63, 3.8) is 0 Å². The quantitative estimate of drug-likeness (QED) is 0.776. The van der Waals surface area contributed by atoms with Gasteiger partial charge in [0.05, 0.1) is 29.3 Å². The third-order valence-corrected chi connectivity index (χ3v) is 3.77. The highest BCUT2D eigenvalue weighted by Gasteiger charge is 2.33. The van der Waals surface area contributed by atoms with E-state index in [2.05, 4.69) is 5.32 Å². The largest absolute Gasteiger partial charge is 0.417 e. The number of ether oxygens (including phenoxy) is 1. The first kappa shape index (κ1) is 20.7. The number of aliphatic hydroxyl groups excluding tert-OH is 1. The fourth-order valence-corrected chi connectivity index (χ4v) is 2.23. The zero-order valence-electron chi connectivity index (χ0n) is 13.5. The molecule has 0 saturated carbocycles. The molecule has 2 atom stereocenters. The summed E-state index contributed by atoms with van der Waals surface area (Å²) >= 11 is 5.54. The Morgan fingerprint density at radius 1 is 1.46 bits per heavy atom. The van der Waals surface area contributed by atoms with Crippen molar-refractivity contribution in [2.24, 2.45) is 0 Å². The summed E-state index contributed by atoms with van der Waals surface area (Å²) in [5, 5.41) is 11.6. The fourth-order valence-electron chi connectivity index (χ4n) is 2.00. The van der Waals surface area contributed by atoms with Crippen molar-refractivity contribution in [1.82, 2.24) is 4.90 Å². The predicted molar refractivity (Wildman–Crippen MR) is 85.1 cm³/mol. The van der Waals surface area contributed by atoms with Crippen molar-refractivity contribution in [3.8, 4) is 0 Å². The smallest absolute Gasteiger partial charge is 0.389 e. The van der Waals surface area contributed by atoms with Gasteiger partial charge in [0.2, 0.25) is 5.91 Å². The molecule has 9 heteroatoms. The minimum absolute atomic E-state index is 0.00517. The molecule has 1 aromatic rings. The van der Waals surface area contributed by atoms with Gasteiger partial charge in [-0.25, -0.2) is 0 Å². The molecule has 0 aliphatic heterocycles. The van der Waals surface area contributed by atoms with Crippen LogP contribution in [-0.4, -0.2) is 55.4 Å². The highest BCUT2D eigenvalue weighted by molar-refractivity contribution is 6.31. The Morgan fingerprint density at radius 3 is 2.62 bits per heavy atom. The first-order chi connectivity index (χ1) is 11.1. The van der Waals surface area contributed by atoms with Gasteiger partial charge >= 0.3 is 6.18 Å². The number of anilines is 1. The van der Waals surface area contributed by atoms with E-state index in [1.54, 1.807) is 18.9 Å². The van der Waals surface area contributed by atoms with Crippen LogP contribution in [0, 0.1) is 0 Å². The first-order valence-corrected chi connectivity index (χ1v) is 7.49. The minimum atomic E-state index is -4.61. The molecule has 0 saturated heterocycles. The lowest BCUT2D eigenvalue weighted by Gasteiger charge is -2.26. The highest BCUT2D eigenvalue weighted by Crippen LogP contribution is 2.36. The van der Waals surface area contributed by atoms with Gasteiger partial charge < -0.3 is 15.2 Å². The summed E-state index contributed by atoms with van der Waals surface area (Å²) in [5.41, 5.74) is -1.02. The molecular formula is C15H20ClF3N2O3. The van der Waals surface area contributed by atoms with Crippen LogP contribution >= 0.6 is 11.6 Å². The van der Waals surface area contributed by atoms with Crippen LogP contribution in [0.25, 0.3) is 0 Å². The average Bonchev–Trinajstić information content (AvgIpc) is 2.47. The second-order valence-electron chi connectivity index (χ2n) is 5.41. The number of benzene rings is 1. The lowest BCUT2D eigenvalue weighted by atomic mass is 10.1. The first-order valence-electron chi connectivity index (χ1n) is 7.11. The summed E-state index contributed by atoms with van der Waals surface area (Å²) in [6.45, 7) is 1.87. The molecular weight excluding hydrogens is 349 g/mol. The number of nitrogens with one attached hydrogen (secondary N) is 1. The Morgan fingerprint density at radius 2 is 2.08 bits per heavy atom. The lowest BCUT2D eigenvalue weighted by molar-refractivity contribution is -0.137. The number of methoxy groups -OCH3 is 1. The van der Waals surface area contributed by atoms with E-state index in [1.165, 1.54) is 13.2 Å². The number of hydrogen-bond donors (Lipinski definition) is 2. The molecule has 0 heterocycles. The summed E-state index contributed by atoms with van der Waals surface area (Å²) in [5.74, 6) is -0.502. The number of carbonyl (C=O) groups is 1. The van der Waals surface area contributed by atoms with Gasteiger partial charge in [-0.3, -0.25) is 9.69 Å². The third kappa shape index (κ3) is 5.94. The average molecular weight is 369 g/mol. The molecule has 24 heavy (non-hydrogen) atoms. The number of likely N-dealkylation sites (N-methyl/N-ethyl adjacent to an activating group) is 1. The van der Waals surface area contributed by atoms with E-state index >= 15 is 0 Å². The van der Waals surface area contributed by atoms with Crippen molar-refractivity contribution < 1.29 is 27.8 Å². The number of halogens is 4. The maximum atomic E-state index is 12.8. The summed E-state index contributed by atoms with van der Waals surface area (Å²) in [7, 11) is 3.06. The van der Waals surface area contributed by atoms with Crippen LogP contribution in [0.3, 0.4) is 0 Å². The highest BCUT2D eigenvalue weighted by atomic mass is 35.5. The second-order valence-corrected chi connectivity index (χ2v) is 5.81. The predicted octanol–water partition coefficient (Wildman–Crippen LogP) is 2.62. The lowest BCUT2D eigenvalue weighted by Crippen LogP contribution is -2.44. The van der Waals surface area contributed by atoms with Crippen LogP contribution in [0.5, 0.6) is 0 Å². The molecule has 0 fully saturated rings. The standard InChI is InChI=1S/C15H20ClF3N2O3/c1-9(21(2)7-11(22)8-24-3)14(23)20-10-4-5-13(16)12(6-10)15(17,18)19/h4-6,9,11,22H,7-8H2,1-3H3,(H,20,23)/t9-,11-/m0/s1. The van der Waals surface area contributed by atoms with Crippen LogP contribution < -0.4 is 5.32 Å². The van der Waals surface area contributed by atoms with Gasteiger partial charge in [0.15, 0.2) is 0 Å². The molecule has 0 unspecified atom stereocenters. The Balaban J connectivity index is 2.77. The minimum Gasteiger partial charge on any atom is -0.389 e. The van der Waals surface area contributed by atoms with Crippen LogP contribution in [0.15, 0.2) is 18.2 Å². The molecule has 0 aliphatic carbocycles. The molecule has 5 nitrogen and oxygen atoms in total. The van der Waals surface area contributed by atoms with Crippen LogP contribution in [0.4, 0.5) is 18.9 Å². The van der Waals surface area contributed by atoms with Gasteiger partial charge in [-0.15, -0.1) is 0 Å². The van der Waals surface area contributed by atoms with Crippen molar-refractivity contribution in [2.75, 3.05) is 32.6 Å². The molecule has 1 aromatic carbocycles. The fraction of sp³-hybridized carbons (Fsp3) is 0.533. The van der Waals surface area contributed by atoms with Crippen molar-refractivity contribution in [3.05, 3.63) is 28.8 Å². The molecule has 0 radical (unpaired) electrons. The molecule has 0 spiro atoms. The molecule has 0 aliphatic rings. The normalized spacial score (nSPS) is 14.5. The maximum absolute atomic E-state index is 12.8. The van der Waals surface area contributed by atoms with E-state index in [1.807, 2.05) is 0 Å². The molecule has 0 bridgehead atoms. The monoisotopic (exact) mass is 368 g/mol. The maximum Gasteiger partial charge on any atom is 0.417 e. The van der Waals surface area contributed by atoms with E-state index in [0.717, 1.165) is 12.1 Å². The zero-order valence-corrected chi connectivity index (χ0v) is 14.3. The number of nitrogens with zero attached hydrogens (tertiary/aromatic N) is 1. The van der Waals surface area contributed by atoms with E-state index in [4.69, 9.17) is 16.3 Å². The SMILES string of the molecule is COC[C@@H](O)CN(C)[C@@H](C)C(=O)Nc1ccc(Cl)c(C(F)(F)F)c1. The third-order valence-electron chi connectivity index (χ3n) is 3.44. The Hall–Kier alpha value is -1.35. The van der Waals surface area contributed by atoms with Crippen LogP contribution in [-0.2, 0) is 15.7 Å². The van der Waals surface area contributed by atoms with Gasteiger partial charge in [0, 0.05) is 19.3 Å². The van der Waals surface area contributed by atoms with E-state index < -0.39 is 34.8 Å². The Kier molecular flexibility index (Phi) is 7.47. The number of hydrogen-bond acceptors (Lipinski definition) is 4. The van der Waals surface area contributed by atoms with Crippen molar-refractivity contribution >= 4 is 23.2 Å². The summed E-state index contributed by atoms with van der Waals surface area (Å²) < 4.78 is 43.3. The van der Waals surface area contributed by atoms with Gasteiger partial charge in [-0.1, -0.05) is 11.6 Å². The van der Waals surface area contributed by atoms with Crippen molar-refractivity contribution in [2.45, 2.75) is 25.2 Å². The van der Waals surface area contributed by atoms with Crippen LogP contribution in [0.2, 0.25) is 5.02 Å². The molecule has 0 aromatic heterocycles. The number of amides is 1. The molecule has 1 amide bonds. The number of rotatable bonds is 7. The summed E-state index contributed by atoms with van der Waals surface area (Å²) in [6.07, 6.45) is -5.38. The van der Waals surface area contributed by atoms with E-state index in [9.17, 15) is 23.1 Å². The zero-order chi connectivity index (χ0) is 18.5. The summed E-state index contributed by atoms with van der Waals surface area (Å²) in [6, 6.07) is 2.49.